The van der Waals surface area contributed by atoms with Crippen molar-refractivity contribution in [3.63, 3.8) is 0 Å². The van der Waals surface area contributed by atoms with E-state index in [-0.39, 0.29) is 5.56 Å². The number of thioether (sulfide) groups is 1. The van der Waals surface area contributed by atoms with Crippen molar-refractivity contribution in [2.45, 2.75) is 37.7 Å². The van der Waals surface area contributed by atoms with E-state index in [1.54, 1.807) is 10.5 Å². The van der Waals surface area contributed by atoms with Crippen LogP contribution in [0.4, 0.5) is 0 Å². The highest BCUT2D eigenvalue weighted by molar-refractivity contribution is 7.98. The number of fused-ring (bicyclic) bond motifs is 3. The van der Waals surface area contributed by atoms with Crippen LogP contribution >= 0.6 is 11.8 Å². The minimum atomic E-state index is -0.131. The number of nitriles is 1. The zero-order valence-electron chi connectivity index (χ0n) is 15.6. The van der Waals surface area contributed by atoms with Crippen molar-refractivity contribution in [1.29, 1.82) is 5.26 Å². The zero-order chi connectivity index (χ0) is 19.7. The summed E-state index contributed by atoms with van der Waals surface area (Å²) in [5, 5.41) is 9.75. The molecule has 0 aliphatic carbocycles. The van der Waals surface area contributed by atoms with E-state index in [0.29, 0.717) is 29.7 Å². The van der Waals surface area contributed by atoms with Crippen LogP contribution in [0, 0.1) is 25.2 Å². The molecule has 0 atom stereocenters. The number of hydrogen-bond acceptors (Lipinski definition) is 6. The van der Waals surface area contributed by atoms with Crippen molar-refractivity contribution in [1.82, 2.24) is 23.9 Å². The van der Waals surface area contributed by atoms with Gasteiger partial charge in [0.2, 0.25) is 5.78 Å². The molecule has 0 saturated heterocycles. The first-order valence-electron chi connectivity index (χ1n) is 8.89. The maximum atomic E-state index is 12.8. The standard InChI is InChI=1S/C20H18N6OS/c1-13-10-14(2)23-19(22-13)28-12-15-11-18(27)26-17-7-4-3-6-16(17)24-20(26)25(15)9-5-8-21/h3-4,6-7,10-11H,5,9,12H2,1-2H3. The highest BCUT2D eigenvalue weighted by Crippen LogP contribution is 2.22. The molecular weight excluding hydrogens is 372 g/mol. The molecule has 3 aromatic heterocycles. The van der Waals surface area contributed by atoms with Crippen molar-refractivity contribution in [3.05, 3.63) is 63.8 Å². The molecule has 0 radical (unpaired) electrons. The van der Waals surface area contributed by atoms with Crippen molar-refractivity contribution < 1.29 is 0 Å². The van der Waals surface area contributed by atoms with Crippen LogP contribution in [0.2, 0.25) is 0 Å². The van der Waals surface area contributed by atoms with Crippen LogP contribution in [-0.2, 0) is 12.3 Å². The Kier molecular flexibility index (Phi) is 4.84. The molecule has 0 fully saturated rings. The number of aryl methyl sites for hydroxylation is 3. The second-order valence-corrected chi connectivity index (χ2v) is 7.43. The Bertz CT molecular complexity index is 1260. The van der Waals surface area contributed by atoms with Gasteiger partial charge in [-0.25, -0.2) is 19.4 Å². The summed E-state index contributed by atoms with van der Waals surface area (Å²) in [4.78, 5) is 26.4. The zero-order valence-corrected chi connectivity index (χ0v) is 16.4. The van der Waals surface area contributed by atoms with Crippen LogP contribution in [0.25, 0.3) is 16.8 Å². The van der Waals surface area contributed by atoms with Crippen molar-refractivity contribution >= 4 is 28.6 Å². The van der Waals surface area contributed by atoms with E-state index in [1.165, 1.54) is 11.8 Å². The third-order valence-corrected chi connectivity index (χ3v) is 5.28. The number of nitrogens with zero attached hydrogens (tertiary/aromatic N) is 6. The Morgan fingerprint density at radius 2 is 1.86 bits per heavy atom. The number of benzene rings is 1. The summed E-state index contributed by atoms with van der Waals surface area (Å²) in [5.74, 6) is 1.07. The lowest BCUT2D eigenvalue weighted by Gasteiger charge is -2.13. The summed E-state index contributed by atoms with van der Waals surface area (Å²) in [6, 6.07) is 13.3. The van der Waals surface area contributed by atoms with E-state index in [1.807, 2.05) is 48.7 Å². The van der Waals surface area contributed by atoms with Crippen LogP contribution in [0.5, 0.6) is 0 Å². The molecule has 4 aromatic rings. The Labute approximate surface area is 165 Å². The van der Waals surface area contributed by atoms with Gasteiger partial charge in [-0.2, -0.15) is 5.26 Å². The van der Waals surface area contributed by atoms with Crippen molar-refractivity contribution in [2.24, 2.45) is 0 Å². The fraction of sp³-hybridized carbons (Fsp3) is 0.250. The summed E-state index contributed by atoms with van der Waals surface area (Å²) < 4.78 is 3.55. The summed E-state index contributed by atoms with van der Waals surface area (Å²) in [7, 11) is 0. The van der Waals surface area contributed by atoms with Gasteiger partial charge in [-0.1, -0.05) is 23.9 Å². The van der Waals surface area contributed by atoms with E-state index in [0.717, 1.165) is 28.1 Å². The maximum Gasteiger partial charge on any atom is 0.259 e. The van der Waals surface area contributed by atoms with Gasteiger partial charge < -0.3 is 4.57 Å². The molecule has 1 aromatic carbocycles. The third-order valence-electron chi connectivity index (χ3n) is 4.40. The van der Waals surface area contributed by atoms with E-state index < -0.39 is 0 Å². The predicted octanol–water partition coefficient (Wildman–Crippen LogP) is 3.26. The molecule has 0 bridgehead atoms. The lowest BCUT2D eigenvalue weighted by Crippen LogP contribution is -2.20. The van der Waals surface area contributed by atoms with Crippen LogP contribution in [0.15, 0.2) is 46.3 Å². The topological polar surface area (TPSA) is 88.9 Å². The Hall–Kier alpha value is -3.18. The van der Waals surface area contributed by atoms with Crippen LogP contribution < -0.4 is 5.56 Å². The monoisotopic (exact) mass is 390 g/mol. The minimum absolute atomic E-state index is 0.131. The van der Waals surface area contributed by atoms with Gasteiger partial charge in [0.1, 0.15) is 0 Å². The summed E-state index contributed by atoms with van der Waals surface area (Å²) >= 11 is 1.47. The van der Waals surface area contributed by atoms with Crippen LogP contribution in [0.1, 0.15) is 23.5 Å². The Morgan fingerprint density at radius 1 is 1.11 bits per heavy atom. The van der Waals surface area contributed by atoms with Gasteiger partial charge >= 0.3 is 0 Å². The average Bonchev–Trinajstić information content (AvgIpc) is 3.05. The van der Waals surface area contributed by atoms with E-state index in [4.69, 9.17) is 5.26 Å². The van der Waals surface area contributed by atoms with Crippen molar-refractivity contribution in [2.75, 3.05) is 0 Å². The maximum absolute atomic E-state index is 12.8. The first-order valence-corrected chi connectivity index (χ1v) is 9.87. The second kappa shape index (κ2) is 7.44. The Morgan fingerprint density at radius 3 is 2.61 bits per heavy atom. The molecule has 140 valence electrons. The molecule has 7 nitrogen and oxygen atoms in total. The first-order chi connectivity index (χ1) is 13.6. The minimum Gasteiger partial charge on any atom is -0.313 e. The van der Waals surface area contributed by atoms with E-state index >= 15 is 0 Å². The SMILES string of the molecule is Cc1cc(C)nc(SCc2cc(=O)n3c4ccccc4nc3n2CCC#N)n1. The molecule has 8 heteroatoms. The van der Waals surface area contributed by atoms with Gasteiger partial charge in [0.15, 0.2) is 5.16 Å². The molecule has 3 heterocycles. The number of rotatable bonds is 5. The van der Waals surface area contributed by atoms with Gasteiger partial charge in [-0.15, -0.1) is 0 Å². The van der Waals surface area contributed by atoms with Gasteiger partial charge in [-0.3, -0.25) is 4.79 Å². The molecule has 0 amide bonds. The summed E-state index contributed by atoms with van der Waals surface area (Å²) in [6.45, 7) is 4.33. The lowest BCUT2D eigenvalue weighted by atomic mass is 10.3. The number of hydrogen-bond donors (Lipinski definition) is 0. The van der Waals surface area contributed by atoms with Gasteiger partial charge in [0.05, 0.1) is 23.5 Å². The van der Waals surface area contributed by atoms with Gasteiger partial charge in [0, 0.05) is 35.4 Å². The molecular formula is C20H18N6OS. The number of imidazole rings is 1. The predicted molar refractivity (Wildman–Crippen MR) is 108 cm³/mol. The van der Waals surface area contributed by atoms with Crippen LogP contribution in [0.3, 0.4) is 0 Å². The molecule has 4 rings (SSSR count). The third kappa shape index (κ3) is 3.37. The lowest BCUT2D eigenvalue weighted by molar-refractivity contribution is 0.683. The second-order valence-electron chi connectivity index (χ2n) is 6.49. The quantitative estimate of drug-likeness (QED) is 0.384. The largest absolute Gasteiger partial charge is 0.313 e. The first kappa shape index (κ1) is 18.2. The number of aromatic nitrogens is 5. The molecule has 0 aliphatic rings. The highest BCUT2D eigenvalue weighted by atomic mass is 32.2. The molecule has 0 spiro atoms. The van der Waals surface area contributed by atoms with Crippen LogP contribution in [-0.4, -0.2) is 23.9 Å². The number of para-hydroxylation sites is 2. The van der Waals surface area contributed by atoms with Gasteiger partial charge in [-0.05, 0) is 32.0 Å². The summed E-state index contributed by atoms with van der Waals surface area (Å²) in [5.41, 5.74) is 4.01. The fourth-order valence-electron chi connectivity index (χ4n) is 3.25. The normalized spacial score (nSPS) is 11.2. The van der Waals surface area contributed by atoms with Crippen molar-refractivity contribution in [3.8, 4) is 6.07 Å². The van der Waals surface area contributed by atoms with E-state index in [9.17, 15) is 4.79 Å². The average molecular weight is 390 g/mol. The van der Waals surface area contributed by atoms with Gasteiger partial charge in [0.25, 0.3) is 5.56 Å². The molecule has 0 aliphatic heterocycles. The fourth-order valence-corrected chi connectivity index (χ4v) is 4.18. The smallest absolute Gasteiger partial charge is 0.259 e. The van der Waals surface area contributed by atoms with E-state index in [2.05, 4.69) is 21.0 Å². The highest BCUT2D eigenvalue weighted by Gasteiger charge is 2.15. The summed E-state index contributed by atoms with van der Waals surface area (Å²) in [6.07, 6.45) is 0.333. The molecule has 0 unspecified atom stereocenters. The molecule has 0 N–H and O–H groups in total. The Balaban J connectivity index is 1.81. The molecule has 0 saturated carbocycles. The molecule has 28 heavy (non-hydrogen) atoms.